The van der Waals surface area contributed by atoms with E-state index in [2.05, 4.69) is 0 Å². The lowest BCUT2D eigenvalue weighted by Crippen LogP contribution is -2.11. The minimum Gasteiger partial charge on any atom is -0.485 e. The highest BCUT2D eigenvalue weighted by Gasteiger charge is 2.30. The van der Waals surface area contributed by atoms with Crippen molar-refractivity contribution in [2.45, 2.75) is 18.7 Å². The molecule has 0 N–H and O–H groups in total. The van der Waals surface area contributed by atoms with Gasteiger partial charge in [-0.3, -0.25) is 0 Å². The highest BCUT2D eigenvalue weighted by atomic mass is 19.4. The summed E-state index contributed by atoms with van der Waals surface area (Å²) in [5.74, 6) is 0.389. The fraction of sp³-hybridized carbons (Fsp3) is 0.158. The van der Waals surface area contributed by atoms with E-state index in [0.29, 0.717) is 12.2 Å². The van der Waals surface area contributed by atoms with Crippen LogP contribution in [0.2, 0.25) is 0 Å². The number of furan rings is 1. The molecule has 124 valence electrons. The fourth-order valence-electron chi connectivity index (χ4n) is 2.40. The highest BCUT2D eigenvalue weighted by molar-refractivity contribution is 5.30. The van der Waals surface area contributed by atoms with Gasteiger partial charge >= 0.3 is 6.18 Å². The Morgan fingerprint density at radius 2 is 1.62 bits per heavy atom. The molecule has 0 saturated heterocycles. The third-order valence-corrected chi connectivity index (χ3v) is 3.63. The molecule has 0 aliphatic heterocycles. The van der Waals surface area contributed by atoms with E-state index in [-0.39, 0.29) is 6.10 Å². The van der Waals surface area contributed by atoms with Gasteiger partial charge in [-0.15, -0.1) is 0 Å². The van der Waals surface area contributed by atoms with Gasteiger partial charge in [-0.05, 0) is 41.5 Å². The topological polar surface area (TPSA) is 22.4 Å². The van der Waals surface area contributed by atoms with E-state index in [1.807, 2.05) is 36.4 Å². The fourth-order valence-corrected chi connectivity index (χ4v) is 2.40. The normalized spacial score (nSPS) is 12.8. The first-order chi connectivity index (χ1) is 11.5. The molecule has 0 aliphatic rings. The second kappa shape index (κ2) is 6.83. The van der Waals surface area contributed by atoms with Crippen LogP contribution in [0.4, 0.5) is 13.2 Å². The molecule has 0 spiro atoms. The molecule has 3 aromatic rings. The van der Waals surface area contributed by atoms with Crippen LogP contribution in [0.25, 0.3) is 0 Å². The summed E-state index contributed by atoms with van der Waals surface area (Å²) < 4.78 is 49.0. The largest absolute Gasteiger partial charge is 0.485 e. The van der Waals surface area contributed by atoms with Crippen LogP contribution < -0.4 is 4.74 Å². The van der Waals surface area contributed by atoms with E-state index in [1.165, 1.54) is 12.1 Å². The van der Waals surface area contributed by atoms with E-state index in [4.69, 9.17) is 9.15 Å². The number of hydrogen-bond donors (Lipinski definition) is 0. The molecular weight excluding hydrogens is 317 g/mol. The van der Waals surface area contributed by atoms with Gasteiger partial charge in [0, 0.05) is 6.42 Å². The predicted molar refractivity (Wildman–Crippen MR) is 83.7 cm³/mol. The van der Waals surface area contributed by atoms with Crippen LogP contribution in [0.3, 0.4) is 0 Å². The Labute approximate surface area is 137 Å². The van der Waals surface area contributed by atoms with E-state index in [9.17, 15) is 13.2 Å². The average molecular weight is 332 g/mol. The third kappa shape index (κ3) is 3.98. The van der Waals surface area contributed by atoms with Crippen molar-refractivity contribution >= 4 is 0 Å². The molecular formula is C19H15F3O2. The van der Waals surface area contributed by atoms with Crippen molar-refractivity contribution in [3.05, 3.63) is 89.9 Å². The lowest BCUT2D eigenvalue weighted by Gasteiger charge is -2.19. The van der Waals surface area contributed by atoms with Crippen LogP contribution >= 0.6 is 0 Å². The molecule has 1 aromatic heterocycles. The number of hydrogen-bond acceptors (Lipinski definition) is 2. The maximum absolute atomic E-state index is 12.6. The molecule has 3 rings (SSSR count). The van der Waals surface area contributed by atoms with E-state index in [0.717, 1.165) is 23.3 Å². The molecule has 1 heterocycles. The van der Waals surface area contributed by atoms with Gasteiger partial charge in [0.25, 0.3) is 0 Å². The molecule has 0 amide bonds. The Balaban J connectivity index is 1.81. The standard InChI is InChI=1S/C19H15F3O2/c20-19(21,22)16-6-8-17(9-7-16)24-18(12-14-10-11-23-13-14)15-4-2-1-3-5-15/h1-11,13,18H,12H2/t18-/m0/s1. The van der Waals surface area contributed by atoms with Crippen LogP contribution in [0, 0.1) is 0 Å². The van der Waals surface area contributed by atoms with E-state index < -0.39 is 11.7 Å². The molecule has 2 aromatic carbocycles. The lowest BCUT2D eigenvalue weighted by molar-refractivity contribution is -0.137. The van der Waals surface area contributed by atoms with Crippen LogP contribution in [-0.2, 0) is 12.6 Å². The molecule has 2 nitrogen and oxygen atoms in total. The van der Waals surface area contributed by atoms with Crippen molar-refractivity contribution in [2.75, 3.05) is 0 Å². The Morgan fingerprint density at radius 1 is 0.917 bits per heavy atom. The Morgan fingerprint density at radius 3 is 2.21 bits per heavy atom. The van der Waals surface area contributed by atoms with Crippen molar-refractivity contribution in [1.82, 2.24) is 0 Å². The summed E-state index contributed by atoms with van der Waals surface area (Å²) in [5, 5.41) is 0. The molecule has 0 fully saturated rings. The van der Waals surface area contributed by atoms with Gasteiger partial charge in [0.2, 0.25) is 0 Å². The molecule has 0 bridgehead atoms. The summed E-state index contributed by atoms with van der Waals surface area (Å²) in [5.41, 5.74) is 1.20. The van der Waals surface area contributed by atoms with Gasteiger partial charge in [0.15, 0.2) is 0 Å². The van der Waals surface area contributed by atoms with Crippen LogP contribution in [-0.4, -0.2) is 0 Å². The summed E-state index contributed by atoms with van der Waals surface area (Å²) in [7, 11) is 0. The van der Waals surface area contributed by atoms with Crippen molar-refractivity contribution in [1.29, 1.82) is 0 Å². The van der Waals surface area contributed by atoms with Gasteiger partial charge in [-0.25, -0.2) is 0 Å². The molecule has 5 heteroatoms. The van der Waals surface area contributed by atoms with Crippen molar-refractivity contribution in [2.24, 2.45) is 0 Å². The molecule has 1 atom stereocenters. The summed E-state index contributed by atoms with van der Waals surface area (Å²) >= 11 is 0. The summed E-state index contributed by atoms with van der Waals surface area (Å²) in [6.07, 6.45) is -0.905. The summed E-state index contributed by atoms with van der Waals surface area (Å²) in [6.45, 7) is 0. The Bertz CT molecular complexity index is 748. The maximum atomic E-state index is 12.6. The van der Waals surface area contributed by atoms with Crippen LogP contribution in [0.1, 0.15) is 22.8 Å². The number of ether oxygens (including phenoxy) is 1. The van der Waals surface area contributed by atoms with Gasteiger partial charge in [-0.2, -0.15) is 13.2 Å². The van der Waals surface area contributed by atoms with Gasteiger partial charge in [0.1, 0.15) is 11.9 Å². The minimum absolute atomic E-state index is 0.319. The zero-order valence-corrected chi connectivity index (χ0v) is 12.7. The number of rotatable bonds is 5. The van der Waals surface area contributed by atoms with Gasteiger partial charge in [0.05, 0.1) is 18.1 Å². The number of alkyl halides is 3. The van der Waals surface area contributed by atoms with Gasteiger partial charge < -0.3 is 9.15 Å². The lowest BCUT2D eigenvalue weighted by atomic mass is 10.0. The van der Waals surface area contributed by atoms with E-state index >= 15 is 0 Å². The van der Waals surface area contributed by atoms with E-state index in [1.54, 1.807) is 12.5 Å². The summed E-state index contributed by atoms with van der Waals surface area (Å²) in [4.78, 5) is 0. The first kappa shape index (κ1) is 16.2. The zero-order chi connectivity index (χ0) is 17.0. The van der Waals surface area contributed by atoms with Crippen molar-refractivity contribution < 1.29 is 22.3 Å². The number of halogens is 3. The molecule has 0 radical (unpaired) electrons. The molecule has 0 unspecified atom stereocenters. The quantitative estimate of drug-likeness (QED) is 0.601. The average Bonchev–Trinajstić information content (AvgIpc) is 3.08. The maximum Gasteiger partial charge on any atom is 0.416 e. The Hall–Kier alpha value is -2.69. The zero-order valence-electron chi connectivity index (χ0n) is 12.7. The molecule has 24 heavy (non-hydrogen) atoms. The first-order valence-electron chi connectivity index (χ1n) is 7.42. The van der Waals surface area contributed by atoms with Crippen LogP contribution in [0.5, 0.6) is 5.75 Å². The predicted octanol–water partition coefficient (Wildman–Crippen LogP) is 5.66. The number of benzene rings is 2. The minimum atomic E-state index is -4.35. The molecule has 0 saturated carbocycles. The second-order valence-corrected chi connectivity index (χ2v) is 5.38. The smallest absolute Gasteiger partial charge is 0.416 e. The summed E-state index contributed by atoms with van der Waals surface area (Å²) in [6, 6.07) is 16.1. The monoisotopic (exact) mass is 332 g/mol. The first-order valence-corrected chi connectivity index (χ1v) is 7.42. The molecule has 0 aliphatic carbocycles. The third-order valence-electron chi connectivity index (χ3n) is 3.63. The highest BCUT2D eigenvalue weighted by Crippen LogP contribution is 2.32. The van der Waals surface area contributed by atoms with Gasteiger partial charge in [-0.1, -0.05) is 30.3 Å². The van der Waals surface area contributed by atoms with Crippen molar-refractivity contribution in [3.8, 4) is 5.75 Å². The second-order valence-electron chi connectivity index (χ2n) is 5.38. The van der Waals surface area contributed by atoms with Crippen LogP contribution in [0.15, 0.2) is 77.6 Å². The Kier molecular flexibility index (Phi) is 4.60. The van der Waals surface area contributed by atoms with Crippen molar-refractivity contribution in [3.63, 3.8) is 0 Å². The SMILES string of the molecule is FC(F)(F)c1ccc(O[C@@H](Cc2ccoc2)c2ccccc2)cc1.